The van der Waals surface area contributed by atoms with Crippen LogP contribution in [0.3, 0.4) is 0 Å². The van der Waals surface area contributed by atoms with E-state index in [4.69, 9.17) is 4.42 Å². The molecule has 80 valence electrons. The van der Waals surface area contributed by atoms with Crippen LogP contribution >= 0.6 is 11.8 Å². The van der Waals surface area contributed by atoms with Gasteiger partial charge in [-0.1, -0.05) is 19.9 Å². The standard InChI is InChI=1S/C13H16OS/c1-8(2)10-5-6-12-11(7-10)13(15-4)9(3)14-12/h5-8H,1-4H3. The quantitative estimate of drug-likeness (QED) is 0.687. The molecule has 2 heteroatoms. The van der Waals surface area contributed by atoms with Gasteiger partial charge in [-0.25, -0.2) is 0 Å². The summed E-state index contributed by atoms with van der Waals surface area (Å²) >= 11 is 1.76. The number of rotatable bonds is 2. The molecule has 1 aromatic carbocycles. The molecular formula is C13H16OS. The number of hydrogen-bond donors (Lipinski definition) is 0. The molecule has 0 aliphatic rings. The van der Waals surface area contributed by atoms with E-state index in [1.165, 1.54) is 15.8 Å². The van der Waals surface area contributed by atoms with Gasteiger partial charge in [-0.15, -0.1) is 11.8 Å². The van der Waals surface area contributed by atoms with E-state index in [-0.39, 0.29) is 0 Å². The summed E-state index contributed by atoms with van der Waals surface area (Å²) in [4.78, 5) is 1.27. The molecule has 0 atom stereocenters. The molecule has 0 bridgehead atoms. The molecule has 0 spiro atoms. The van der Waals surface area contributed by atoms with Crippen molar-refractivity contribution in [3.05, 3.63) is 29.5 Å². The molecule has 0 aliphatic carbocycles. The van der Waals surface area contributed by atoms with Gasteiger partial charge in [0.15, 0.2) is 0 Å². The molecule has 1 heterocycles. The van der Waals surface area contributed by atoms with Crippen molar-refractivity contribution in [3.8, 4) is 0 Å². The van der Waals surface area contributed by atoms with E-state index in [0.29, 0.717) is 5.92 Å². The maximum absolute atomic E-state index is 5.70. The van der Waals surface area contributed by atoms with E-state index in [9.17, 15) is 0 Å². The minimum Gasteiger partial charge on any atom is -0.460 e. The van der Waals surface area contributed by atoms with E-state index in [0.717, 1.165) is 11.3 Å². The van der Waals surface area contributed by atoms with Gasteiger partial charge in [0.2, 0.25) is 0 Å². The van der Waals surface area contributed by atoms with Gasteiger partial charge >= 0.3 is 0 Å². The Balaban J connectivity index is 2.68. The summed E-state index contributed by atoms with van der Waals surface area (Å²) in [7, 11) is 0. The van der Waals surface area contributed by atoms with E-state index in [1.54, 1.807) is 11.8 Å². The molecular weight excluding hydrogens is 204 g/mol. The second-order valence-electron chi connectivity index (χ2n) is 4.10. The minimum absolute atomic E-state index is 0.569. The number of furan rings is 1. The van der Waals surface area contributed by atoms with Gasteiger partial charge in [0.25, 0.3) is 0 Å². The normalized spacial score (nSPS) is 11.5. The summed E-state index contributed by atoms with van der Waals surface area (Å²) in [6, 6.07) is 6.49. The van der Waals surface area contributed by atoms with Crippen LogP contribution in [-0.4, -0.2) is 6.26 Å². The number of hydrogen-bond acceptors (Lipinski definition) is 2. The Kier molecular flexibility index (Phi) is 2.79. The van der Waals surface area contributed by atoms with Crippen molar-refractivity contribution in [2.75, 3.05) is 6.26 Å². The Morgan fingerprint density at radius 2 is 2.00 bits per heavy atom. The van der Waals surface area contributed by atoms with E-state index < -0.39 is 0 Å². The molecule has 15 heavy (non-hydrogen) atoms. The van der Waals surface area contributed by atoms with Gasteiger partial charge in [-0.3, -0.25) is 0 Å². The van der Waals surface area contributed by atoms with E-state index in [1.807, 2.05) is 6.92 Å². The summed E-state index contributed by atoms with van der Waals surface area (Å²) in [5.74, 6) is 1.60. The average Bonchev–Trinajstić information content (AvgIpc) is 2.51. The second kappa shape index (κ2) is 3.93. The number of aryl methyl sites for hydroxylation is 1. The zero-order valence-electron chi connectivity index (χ0n) is 9.63. The van der Waals surface area contributed by atoms with Crippen LogP contribution in [0.1, 0.15) is 31.1 Å². The van der Waals surface area contributed by atoms with Crippen LogP contribution in [0.15, 0.2) is 27.5 Å². The topological polar surface area (TPSA) is 13.1 Å². The second-order valence-corrected chi connectivity index (χ2v) is 4.92. The summed E-state index contributed by atoms with van der Waals surface area (Å²) in [5.41, 5.74) is 2.37. The molecule has 2 aromatic rings. The maximum atomic E-state index is 5.70. The summed E-state index contributed by atoms with van der Waals surface area (Å²) in [6.07, 6.45) is 2.10. The van der Waals surface area contributed by atoms with Crippen LogP contribution in [0.2, 0.25) is 0 Å². The lowest BCUT2D eigenvalue weighted by Gasteiger charge is -2.04. The highest BCUT2D eigenvalue weighted by atomic mass is 32.2. The number of thioether (sulfide) groups is 1. The molecule has 0 amide bonds. The van der Waals surface area contributed by atoms with Crippen LogP contribution < -0.4 is 0 Å². The fourth-order valence-electron chi connectivity index (χ4n) is 1.83. The van der Waals surface area contributed by atoms with Crippen LogP contribution in [0.5, 0.6) is 0 Å². The molecule has 0 saturated carbocycles. The molecule has 1 nitrogen and oxygen atoms in total. The summed E-state index contributed by atoms with van der Waals surface area (Å²) < 4.78 is 5.70. The van der Waals surface area contributed by atoms with Crippen molar-refractivity contribution in [3.63, 3.8) is 0 Å². The van der Waals surface area contributed by atoms with Crippen molar-refractivity contribution in [1.29, 1.82) is 0 Å². The third-order valence-corrected chi connectivity index (χ3v) is 3.62. The zero-order chi connectivity index (χ0) is 11.0. The monoisotopic (exact) mass is 220 g/mol. The lowest BCUT2D eigenvalue weighted by atomic mass is 10.0. The Hall–Kier alpha value is -0.890. The predicted molar refractivity (Wildman–Crippen MR) is 66.8 cm³/mol. The molecule has 0 unspecified atom stereocenters. The molecule has 0 fully saturated rings. The van der Waals surface area contributed by atoms with Crippen molar-refractivity contribution >= 4 is 22.7 Å². The average molecular weight is 220 g/mol. The third kappa shape index (κ3) is 1.78. The highest BCUT2D eigenvalue weighted by molar-refractivity contribution is 7.98. The largest absolute Gasteiger partial charge is 0.460 e. The van der Waals surface area contributed by atoms with Gasteiger partial charge in [0.1, 0.15) is 11.3 Å². The van der Waals surface area contributed by atoms with E-state index in [2.05, 4.69) is 38.3 Å². The smallest absolute Gasteiger partial charge is 0.135 e. The molecule has 1 aromatic heterocycles. The molecule has 0 saturated heterocycles. The SMILES string of the molecule is CSc1c(C)oc2ccc(C(C)C)cc12. The van der Waals surface area contributed by atoms with Gasteiger partial charge in [-0.2, -0.15) is 0 Å². The first kappa shape index (κ1) is 10.6. The molecule has 0 N–H and O–H groups in total. The van der Waals surface area contributed by atoms with Crippen molar-refractivity contribution < 1.29 is 4.42 Å². The predicted octanol–water partition coefficient (Wildman–Crippen LogP) is 4.59. The highest BCUT2D eigenvalue weighted by Gasteiger charge is 2.11. The maximum Gasteiger partial charge on any atom is 0.135 e. The van der Waals surface area contributed by atoms with Crippen LogP contribution in [0.25, 0.3) is 11.0 Å². The Labute approximate surface area is 94.9 Å². The van der Waals surface area contributed by atoms with Crippen molar-refractivity contribution in [1.82, 2.24) is 0 Å². The third-order valence-electron chi connectivity index (χ3n) is 2.70. The van der Waals surface area contributed by atoms with Gasteiger partial charge in [0, 0.05) is 5.39 Å². The fourth-order valence-corrected chi connectivity index (χ4v) is 2.54. The van der Waals surface area contributed by atoms with Gasteiger partial charge in [0.05, 0.1) is 4.90 Å². The first-order valence-corrected chi connectivity index (χ1v) is 6.43. The first-order valence-electron chi connectivity index (χ1n) is 5.20. The lowest BCUT2D eigenvalue weighted by molar-refractivity contribution is 0.568. The van der Waals surface area contributed by atoms with E-state index >= 15 is 0 Å². The Bertz CT molecular complexity index is 482. The Morgan fingerprint density at radius 1 is 1.27 bits per heavy atom. The van der Waals surface area contributed by atoms with Crippen molar-refractivity contribution in [2.24, 2.45) is 0 Å². The Morgan fingerprint density at radius 3 is 2.60 bits per heavy atom. The molecule has 0 radical (unpaired) electrons. The first-order chi connectivity index (χ1) is 7.13. The van der Waals surface area contributed by atoms with Gasteiger partial charge in [-0.05, 0) is 36.8 Å². The molecule has 2 rings (SSSR count). The highest BCUT2D eigenvalue weighted by Crippen LogP contribution is 2.34. The number of benzene rings is 1. The fraction of sp³-hybridized carbons (Fsp3) is 0.385. The van der Waals surface area contributed by atoms with Crippen LogP contribution in [-0.2, 0) is 0 Å². The van der Waals surface area contributed by atoms with Crippen LogP contribution in [0.4, 0.5) is 0 Å². The zero-order valence-corrected chi connectivity index (χ0v) is 10.4. The van der Waals surface area contributed by atoms with Crippen LogP contribution in [0, 0.1) is 6.92 Å². The number of fused-ring (bicyclic) bond motifs is 1. The van der Waals surface area contributed by atoms with Gasteiger partial charge < -0.3 is 4.42 Å². The summed E-state index contributed by atoms with van der Waals surface area (Å²) in [6.45, 7) is 6.46. The minimum atomic E-state index is 0.569. The molecule has 0 aliphatic heterocycles. The summed E-state index contributed by atoms with van der Waals surface area (Å²) in [5, 5.41) is 1.26. The lowest BCUT2D eigenvalue weighted by Crippen LogP contribution is -1.85. The van der Waals surface area contributed by atoms with Crippen molar-refractivity contribution in [2.45, 2.75) is 31.6 Å².